The average molecular weight is 359 g/mol. The Morgan fingerprint density at radius 1 is 1.04 bits per heavy atom. The van der Waals surface area contributed by atoms with Gasteiger partial charge in [-0.15, -0.1) is 0 Å². The van der Waals surface area contributed by atoms with E-state index in [0.717, 1.165) is 12.4 Å². The van der Waals surface area contributed by atoms with E-state index in [0.29, 0.717) is 21.7 Å². The minimum absolute atomic E-state index is 0.483. The van der Waals surface area contributed by atoms with Gasteiger partial charge in [0.2, 0.25) is 5.95 Å². The molecular formula is C18H16Cl2N4. The van der Waals surface area contributed by atoms with E-state index in [4.69, 9.17) is 23.2 Å². The largest absolute Gasteiger partial charge is 0.355 e. The summed E-state index contributed by atoms with van der Waals surface area (Å²) in [6.45, 7) is 0.763. The first-order chi connectivity index (χ1) is 11.6. The third-order valence-electron chi connectivity index (χ3n) is 3.47. The Morgan fingerprint density at radius 3 is 2.58 bits per heavy atom. The van der Waals surface area contributed by atoms with Crippen LogP contribution in [0.5, 0.6) is 0 Å². The van der Waals surface area contributed by atoms with Crippen molar-refractivity contribution in [3.8, 4) is 0 Å². The van der Waals surface area contributed by atoms with E-state index in [2.05, 4.69) is 32.3 Å². The predicted octanol–water partition coefficient (Wildman–Crippen LogP) is 5.16. The van der Waals surface area contributed by atoms with Gasteiger partial charge in [-0.3, -0.25) is 0 Å². The Morgan fingerprint density at radius 2 is 1.83 bits per heavy atom. The van der Waals surface area contributed by atoms with Gasteiger partial charge in [0.25, 0.3) is 0 Å². The van der Waals surface area contributed by atoms with Crippen molar-refractivity contribution in [2.45, 2.75) is 6.54 Å². The fourth-order valence-electron chi connectivity index (χ4n) is 2.27. The molecule has 0 saturated carbocycles. The summed E-state index contributed by atoms with van der Waals surface area (Å²) in [7, 11) is 1.99. The van der Waals surface area contributed by atoms with Gasteiger partial charge in [0.05, 0.1) is 10.7 Å². The van der Waals surface area contributed by atoms with Gasteiger partial charge in [-0.2, -0.15) is 4.98 Å². The number of nitrogens with zero attached hydrogens (tertiary/aromatic N) is 3. The molecule has 0 fully saturated rings. The van der Waals surface area contributed by atoms with E-state index in [-0.39, 0.29) is 0 Å². The molecule has 3 aromatic rings. The third kappa shape index (κ3) is 4.16. The van der Waals surface area contributed by atoms with Crippen molar-refractivity contribution in [2.24, 2.45) is 0 Å². The summed E-state index contributed by atoms with van der Waals surface area (Å²) in [6, 6.07) is 17.3. The molecule has 0 spiro atoms. The summed E-state index contributed by atoms with van der Waals surface area (Å²) in [5.41, 5.74) is 1.93. The van der Waals surface area contributed by atoms with Crippen LogP contribution in [0.15, 0.2) is 60.8 Å². The summed E-state index contributed by atoms with van der Waals surface area (Å²) < 4.78 is 0. The number of rotatable bonds is 5. The molecule has 1 aromatic heterocycles. The number of anilines is 3. The quantitative estimate of drug-likeness (QED) is 0.683. The van der Waals surface area contributed by atoms with Crippen LogP contribution >= 0.6 is 23.2 Å². The van der Waals surface area contributed by atoms with E-state index in [1.54, 1.807) is 24.4 Å². The molecule has 0 atom stereocenters. The molecule has 0 unspecified atom stereocenters. The molecule has 24 heavy (non-hydrogen) atoms. The number of benzene rings is 2. The molecule has 0 aliphatic heterocycles. The lowest BCUT2D eigenvalue weighted by Crippen LogP contribution is -2.18. The lowest BCUT2D eigenvalue weighted by atomic mass is 10.2. The topological polar surface area (TPSA) is 41.1 Å². The Bertz CT molecular complexity index is 824. The van der Waals surface area contributed by atoms with Gasteiger partial charge >= 0.3 is 0 Å². The summed E-state index contributed by atoms with van der Waals surface area (Å²) in [5.74, 6) is 1.30. The van der Waals surface area contributed by atoms with Crippen LogP contribution in [-0.4, -0.2) is 17.0 Å². The van der Waals surface area contributed by atoms with Crippen molar-refractivity contribution in [1.29, 1.82) is 0 Å². The van der Waals surface area contributed by atoms with Gasteiger partial charge in [0.1, 0.15) is 5.82 Å². The van der Waals surface area contributed by atoms with Gasteiger partial charge < -0.3 is 10.2 Å². The highest BCUT2D eigenvalue weighted by molar-refractivity contribution is 6.36. The number of nitrogens with one attached hydrogen (secondary N) is 1. The molecule has 0 aliphatic rings. The van der Waals surface area contributed by atoms with Gasteiger partial charge in [0.15, 0.2) is 0 Å². The zero-order valence-corrected chi connectivity index (χ0v) is 14.6. The van der Waals surface area contributed by atoms with Crippen molar-refractivity contribution in [3.63, 3.8) is 0 Å². The van der Waals surface area contributed by atoms with Gasteiger partial charge in [-0.05, 0) is 29.8 Å². The van der Waals surface area contributed by atoms with Crippen LogP contribution in [-0.2, 0) is 6.54 Å². The second kappa shape index (κ2) is 7.51. The summed E-state index contributed by atoms with van der Waals surface area (Å²) in [4.78, 5) is 10.8. The minimum Gasteiger partial charge on any atom is -0.355 e. The zero-order valence-electron chi connectivity index (χ0n) is 13.1. The molecule has 4 nitrogen and oxygen atoms in total. The zero-order chi connectivity index (χ0) is 16.9. The SMILES string of the molecule is CN(Cc1ccccc1)c1ccnc(Nc2ccc(Cl)cc2Cl)n1. The van der Waals surface area contributed by atoms with Crippen LogP contribution in [0.3, 0.4) is 0 Å². The third-order valence-corrected chi connectivity index (χ3v) is 4.02. The van der Waals surface area contributed by atoms with E-state index in [9.17, 15) is 0 Å². The highest BCUT2D eigenvalue weighted by Gasteiger charge is 2.07. The molecule has 0 amide bonds. The molecule has 6 heteroatoms. The van der Waals surface area contributed by atoms with Gasteiger partial charge in [-0.25, -0.2) is 4.98 Å². The Balaban J connectivity index is 1.76. The van der Waals surface area contributed by atoms with Crippen LogP contribution in [0.1, 0.15) is 5.56 Å². The van der Waals surface area contributed by atoms with E-state index in [1.807, 2.05) is 31.3 Å². The summed E-state index contributed by atoms with van der Waals surface area (Å²) in [6.07, 6.45) is 1.72. The monoisotopic (exact) mass is 358 g/mol. The van der Waals surface area contributed by atoms with Crippen molar-refractivity contribution in [1.82, 2.24) is 9.97 Å². The van der Waals surface area contributed by atoms with Gasteiger partial charge in [-0.1, -0.05) is 53.5 Å². The molecule has 3 rings (SSSR count). The molecule has 0 aliphatic carbocycles. The first-order valence-corrected chi connectivity index (χ1v) is 8.17. The maximum absolute atomic E-state index is 6.18. The molecule has 0 radical (unpaired) electrons. The van der Waals surface area contributed by atoms with E-state index >= 15 is 0 Å². The minimum atomic E-state index is 0.483. The lowest BCUT2D eigenvalue weighted by Gasteiger charge is -2.19. The second-order valence-electron chi connectivity index (χ2n) is 5.33. The van der Waals surface area contributed by atoms with Gasteiger partial charge in [0, 0.05) is 24.8 Å². The smallest absolute Gasteiger partial charge is 0.229 e. The van der Waals surface area contributed by atoms with Crippen molar-refractivity contribution < 1.29 is 0 Å². The number of aromatic nitrogens is 2. The number of hydrogen-bond acceptors (Lipinski definition) is 4. The lowest BCUT2D eigenvalue weighted by molar-refractivity contribution is 0.893. The van der Waals surface area contributed by atoms with Crippen LogP contribution in [0.2, 0.25) is 10.0 Å². The number of halogens is 2. The molecular weight excluding hydrogens is 343 g/mol. The molecule has 2 aromatic carbocycles. The predicted molar refractivity (Wildman–Crippen MR) is 100 cm³/mol. The normalized spacial score (nSPS) is 10.5. The maximum atomic E-state index is 6.18. The molecule has 122 valence electrons. The highest BCUT2D eigenvalue weighted by atomic mass is 35.5. The standard InChI is InChI=1S/C18H16Cl2N4/c1-24(12-13-5-3-2-4-6-13)17-9-10-21-18(23-17)22-16-8-7-14(19)11-15(16)20/h2-11H,12H2,1H3,(H,21,22,23). The van der Waals surface area contributed by atoms with Crippen molar-refractivity contribution >= 4 is 40.7 Å². The Kier molecular flexibility index (Phi) is 5.18. The van der Waals surface area contributed by atoms with Crippen LogP contribution in [0.4, 0.5) is 17.5 Å². The molecule has 1 heterocycles. The summed E-state index contributed by atoms with van der Waals surface area (Å²) in [5, 5.41) is 4.23. The fraction of sp³-hybridized carbons (Fsp3) is 0.111. The van der Waals surface area contributed by atoms with E-state index < -0.39 is 0 Å². The Labute approximate surface area is 151 Å². The van der Waals surface area contributed by atoms with Crippen LogP contribution < -0.4 is 10.2 Å². The summed E-state index contributed by atoms with van der Waals surface area (Å²) >= 11 is 12.1. The van der Waals surface area contributed by atoms with Crippen molar-refractivity contribution in [3.05, 3.63) is 76.4 Å². The number of hydrogen-bond donors (Lipinski definition) is 1. The Hall–Kier alpha value is -2.30. The van der Waals surface area contributed by atoms with Crippen LogP contribution in [0, 0.1) is 0 Å². The maximum Gasteiger partial charge on any atom is 0.229 e. The first kappa shape index (κ1) is 16.6. The molecule has 0 bridgehead atoms. The van der Waals surface area contributed by atoms with Crippen molar-refractivity contribution in [2.75, 3.05) is 17.3 Å². The fourth-order valence-corrected chi connectivity index (χ4v) is 2.73. The molecule has 1 N–H and O–H groups in total. The first-order valence-electron chi connectivity index (χ1n) is 7.42. The van der Waals surface area contributed by atoms with E-state index in [1.165, 1.54) is 5.56 Å². The van der Waals surface area contributed by atoms with Crippen LogP contribution in [0.25, 0.3) is 0 Å². The average Bonchev–Trinajstić information content (AvgIpc) is 2.59. The second-order valence-corrected chi connectivity index (χ2v) is 6.17. The highest BCUT2D eigenvalue weighted by Crippen LogP contribution is 2.27. The molecule has 0 saturated heterocycles.